The zero-order chi connectivity index (χ0) is 20.9. The SMILES string of the molecule is CCC1=Nc2ccccc2N=C(NC(=O)CN2CCOCC2)C1c1ccc(Cl)cc1. The zero-order valence-electron chi connectivity index (χ0n) is 17.0. The Balaban J connectivity index is 1.69. The number of amidine groups is 1. The molecule has 2 heterocycles. The topological polar surface area (TPSA) is 66.3 Å². The normalized spacial score (nSPS) is 19.3. The number of benzene rings is 2. The fraction of sp³-hybridized carbons (Fsp3) is 0.348. The molecule has 0 aliphatic carbocycles. The highest BCUT2D eigenvalue weighted by molar-refractivity contribution is 6.30. The minimum Gasteiger partial charge on any atom is -0.379 e. The molecule has 2 aromatic carbocycles. The fourth-order valence-electron chi connectivity index (χ4n) is 3.76. The van der Waals surface area contributed by atoms with Crippen LogP contribution in [-0.2, 0) is 9.53 Å². The first-order valence-corrected chi connectivity index (χ1v) is 10.6. The van der Waals surface area contributed by atoms with Crippen LogP contribution in [0.2, 0.25) is 5.02 Å². The van der Waals surface area contributed by atoms with Gasteiger partial charge in [0.05, 0.1) is 37.1 Å². The molecular weight excluding hydrogens is 400 g/mol. The zero-order valence-corrected chi connectivity index (χ0v) is 17.7. The van der Waals surface area contributed by atoms with E-state index in [1.54, 1.807) is 0 Å². The van der Waals surface area contributed by atoms with Gasteiger partial charge in [-0.3, -0.25) is 14.7 Å². The molecule has 2 aliphatic heterocycles. The maximum atomic E-state index is 12.9. The highest BCUT2D eigenvalue weighted by Gasteiger charge is 2.28. The fourth-order valence-corrected chi connectivity index (χ4v) is 3.88. The van der Waals surface area contributed by atoms with E-state index in [-0.39, 0.29) is 11.8 Å². The first-order valence-electron chi connectivity index (χ1n) is 10.2. The van der Waals surface area contributed by atoms with E-state index in [1.807, 2.05) is 48.5 Å². The van der Waals surface area contributed by atoms with E-state index >= 15 is 0 Å². The number of hydrogen-bond donors (Lipinski definition) is 1. The van der Waals surface area contributed by atoms with Crippen LogP contribution in [0, 0.1) is 0 Å². The van der Waals surface area contributed by atoms with Crippen molar-refractivity contribution in [3.05, 3.63) is 59.1 Å². The molecule has 0 radical (unpaired) electrons. The van der Waals surface area contributed by atoms with Crippen LogP contribution in [0.25, 0.3) is 0 Å². The van der Waals surface area contributed by atoms with E-state index in [0.717, 1.165) is 42.2 Å². The van der Waals surface area contributed by atoms with E-state index in [9.17, 15) is 4.79 Å². The number of hydrogen-bond acceptors (Lipinski definition) is 5. The second-order valence-electron chi connectivity index (χ2n) is 7.36. The van der Waals surface area contributed by atoms with Gasteiger partial charge in [-0.15, -0.1) is 0 Å². The number of rotatable bonds is 4. The largest absolute Gasteiger partial charge is 0.379 e. The number of nitrogens with zero attached hydrogens (tertiary/aromatic N) is 3. The van der Waals surface area contributed by atoms with Crippen molar-refractivity contribution < 1.29 is 9.53 Å². The van der Waals surface area contributed by atoms with Crippen LogP contribution in [0.3, 0.4) is 0 Å². The summed E-state index contributed by atoms with van der Waals surface area (Å²) in [4.78, 5) is 24.7. The predicted molar refractivity (Wildman–Crippen MR) is 121 cm³/mol. The van der Waals surface area contributed by atoms with E-state index < -0.39 is 0 Å². The van der Waals surface area contributed by atoms with Gasteiger partial charge in [0.25, 0.3) is 0 Å². The van der Waals surface area contributed by atoms with Crippen molar-refractivity contribution in [1.82, 2.24) is 10.2 Å². The number of nitrogens with one attached hydrogen (secondary N) is 1. The Hall–Kier alpha value is -2.54. The Labute approximate surface area is 181 Å². The lowest BCUT2D eigenvalue weighted by molar-refractivity contribution is -0.121. The molecule has 1 N–H and O–H groups in total. The number of para-hydroxylation sites is 2. The van der Waals surface area contributed by atoms with E-state index in [4.69, 9.17) is 26.3 Å². The van der Waals surface area contributed by atoms with Gasteiger partial charge in [0, 0.05) is 23.8 Å². The van der Waals surface area contributed by atoms with Crippen molar-refractivity contribution in [2.24, 2.45) is 9.98 Å². The molecule has 1 fully saturated rings. The van der Waals surface area contributed by atoms with Crippen LogP contribution in [0.1, 0.15) is 24.8 Å². The Morgan fingerprint density at radius 1 is 1.10 bits per heavy atom. The monoisotopic (exact) mass is 424 g/mol. The maximum Gasteiger partial charge on any atom is 0.239 e. The van der Waals surface area contributed by atoms with Crippen molar-refractivity contribution in [1.29, 1.82) is 0 Å². The highest BCUT2D eigenvalue weighted by atomic mass is 35.5. The van der Waals surface area contributed by atoms with Gasteiger partial charge in [-0.05, 0) is 36.2 Å². The lowest BCUT2D eigenvalue weighted by atomic mass is 9.91. The third-order valence-corrected chi connectivity index (χ3v) is 5.55. The molecule has 0 saturated carbocycles. The summed E-state index contributed by atoms with van der Waals surface area (Å²) in [6.07, 6.45) is 0.736. The molecule has 1 saturated heterocycles. The summed E-state index contributed by atoms with van der Waals surface area (Å²) < 4.78 is 5.38. The van der Waals surface area contributed by atoms with Gasteiger partial charge in [-0.2, -0.15) is 0 Å². The van der Waals surface area contributed by atoms with Gasteiger partial charge >= 0.3 is 0 Å². The number of aliphatic imine (C=N–C) groups is 2. The molecular formula is C23H25ClN4O2. The number of morpholine rings is 1. The van der Waals surface area contributed by atoms with Crippen molar-refractivity contribution in [3.8, 4) is 0 Å². The summed E-state index contributed by atoms with van der Waals surface area (Å²) in [5.74, 6) is 0.277. The van der Waals surface area contributed by atoms with Gasteiger partial charge in [0.2, 0.25) is 5.91 Å². The summed E-state index contributed by atoms with van der Waals surface area (Å²) in [5, 5.41) is 3.76. The molecule has 0 spiro atoms. The quantitative estimate of drug-likeness (QED) is 0.803. The third-order valence-electron chi connectivity index (χ3n) is 5.30. The molecule has 30 heavy (non-hydrogen) atoms. The van der Waals surface area contributed by atoms with Crippen LogP contribution in [0.5, 0.6) is 0 Å². The standard InChI is InChI=1S/C23H25ClN4O2/c1-2-18-22(16-7-9-17(24)10-8-16)23(26-20-6-4-3-5-19(20)25-18)27-21(29)15-28-11-13-30-14-12-28/h3-10,22H,2,11-15H2,1H3,(H,26,27,29). The third kappa shape index (κ3) is 4.78. The molecule has 2 aliphatic rings. The number of ether oxygens (including phenoxy) is 1. The predicted octanol–water partition coefficient (Wildman–Crippen LogP) is 4.10. The second kappa shape index (κ2) is 9.51. The number of carbonyl (C=O) groups excluding carboxylic acids is 1. The number of fused-ring (bicyclic) bond motifs is 1. The smallest absolute Gasteiger partial charge is 0.239 e. The minimum absolute atomic E-state index is 0.0792. The molecule has 4 rings (SSSR count). The molecule has 1 atom stereocenters. The highest BCUT2D eigenvalue weighted by Crippen LogP contribution is 2.35. The van der Waals surface area contributed by atoms with Crippen molar-refractivity contribution in [2.75, 3.05) is 32.8 Å². The summed E-state index contributed by atoms with van der Waals surface area (Å²) in [5.41, 5.74) is 3.51. The van der Waals surface area contributed by atoms with Gasteiger partial charge < -0.3 is 10.1 Å². The summed E-state index contributed by atoms with van der Waals surface area (Å²) in [6.45, 7) is 5.21. The summed E-state index contributed by atoms with van der Waals surface area (Å²) >= 11 is 6.11. The average molecular weight is 425 g/mol. The number of amides is 1. The van der Waals surface area contributed by atoms with Gasteiger partial charge in [-0.25, -0.2) is 4.99 Å². The van der Waals surface area contributed by atoms with Crippen molar-refractivity contribution in [3.63, 3.8) is 0 Å². The van der Waals surface area contributed by atoms with E-state index in [0.29, 0.717) is 30.6 Å². The van der Waals surface area contributed by atoms with Gasteiger partial charge in [0.15, 0.2) is 0 Å². The molecule has 0 aromatic heterocycles. The lowest BCUT2D eigenvalue weighted by Gasteiger charge is -2.27. The van der Waals surface area contributed by atoms with Crippen LogP contribution >= 0.6 is 11.6 Å². The molecule has 0 bridgehead atoms. The minimum atomic E-state index is -0.242. The first kappa shape index (κ1) is 20.7. The Bertz CT molecular complexity index is 965. The number of halogens is 1. The van der Waals surface area contributed by atoms with Crippen LogP contribution in [-0.4, -0.2) is 55.2 Å². The van der Waals surface area contributed by atoms with Crippen LogP contribution < -0.4 is 5.32 Å². The van der Waals surface area contributed by atoms with Crippen LogP contribution in [0.4, 0.5) is 11.4 Å². The van der Waals surface area contributed by atoms with Crippen LogP contribution in [0.15, 0.2) is 58.5 Å². The number of carbonyl (C=O) groups is 1. The molecule has 2 aromatic rings. The molecule has 7 heteroatoms. The summed E-state index contributed by atoms with van der Waals surface area (Å²) in [7, 11) is 0. The molecule has 6 nitrogen and oxygen atoms in total. The maximum absolute atomic E-state index is 12.9. The first-order chi connectivity index (χ1) is 14.6. The Morgan fingerprint density at radius 2 is 1.77 bits per heavy atom. The van der Waals surface area contributed by atoms with Gasteiger partial charge in [0.1, 0.15) is 5.84 Å². The van der Waals surface area contributed by atoms with E-state index in [2.05, 4.69) is 17.1 Å². The molecule has 1 amide bonds. The Morgan fingerprint density at radius 3 is 2.43 bits per heavy atom. The average Bonchev–Trinajstić information content (AvgIpc) is 2.91. The van der Waals surface area contributed by atoms with Gasteiger partial charge in [-0.1, -0.05) is 42.8 Å². The summed E-state index contributed by atoms with van der Waals surface area (Å²) in [6, 6.07) is 15.4. The Kier molecular flexibility index (Phi) is 6.57. The molecule has 1 unspecified atom stereocenters. The van der Waals surface area contributed by atoms with Crippen molar-refractivity contribution >= 4 is 40.4 Å². The molecule has 156 valence electrons. The van der Waals surface area contributed by atoms with Crippen molar-refractivity contribution in [2.45, 2.75) is 19.3 Å². The van der Waals surface area contributed by atoms with E-state index in [1.165, 1.54) is 0 Å². The second-order valence-corrected chi connectivity index (χ2v) is 7.80. The lowest BCUT2D eigenvalue weighted by Crippen LogP contribution is -2.46.